The highest BCUT2D eigenvalue weighted by Crippen LogP contribution is 2.44. The van der Waals surface area contributed by atoms with Gasteiger partial charge in [0.15, 0.2) is 11.5 Å². The third kappa shape index (κ3) is 3.37. The molecule has 0 aliphatic rings. The van der Waals surface area contributed by atoms with E-state index >= 15 is 0 Å². The quantitative estimate of drug-likeness (QED) is 0.247. The van der Waals surface area contributed by atoms with E-state index in [0.29, 0.717) is 11.1 Å². The number of benzene rings is 4. The largest absolute Gasteiger partial charge is 0.502 e. The molecular formula is C24H18N2O6. The number of nitro benzene ring substituents is 2. The van der Waals surface area contributed by atoms with Gasteiger partial charge in [-0.15, -0.1) is 0 Å². The van der Waals surface area contributed by atoms with E-state index in [-0.39, 0.29) is 0 Å². The molecule has 0 heterocycles. The highest BCUT2D eigenvalue weighted by atomic mass is 16.6. The van der Waals surface area contributed by atoms with Crippen LogP contribution in [-0.2, 0) is 5.41 Å². The molecule has 0 aliphatic carbocycles. The summed E-state index contributed by atoms with van der Waals surface area (Å²) in [7, 11) is 0. The number of phenolic OH excluding ortho intramolecular Hbond substituents is 2. The van der Waals surface area contributed by atoms with Crippen LogP contribution in [-0.4, -0.2) is 20.1 Å². The molecule has 0 radical (unpaired) electrons. The van der Waals surface area contributed by atoms with Gasteiger partial charge in [-0.2, -0.15) is 0 Å². The third-order valence-corrected chi connectivity index (χ3v) is 5.83. The maximum absolute atomic E-state index is 11.5. The van der Waals surface area contributed by atoms with E-state index in [0.717, 1.165) is 16.3 Å². The Balaban J connectivity index is 2.04. The van der Waals surface area contributed by atoms with Gasteiger partial charge in [-0.05, 0) is 52.6 Å². The lowest BCUT2D eigenvalue weighted by molar-refractivity contribution is -0.386. The molecule has 0 saturated carbocycles. The van der Waals surface area contributed by atoms with Gasteiger partial charge >= 0.3 is 11.4 Å². The van der Waals surface area contributed by atoms with E-state index in [2.05, 4.69) is 0 Å². The summed E-state index contributed by atoms with van der Waals surface area (Å²) in [6.45, 7) is 1.79. The molecule has 32 heavy (non-hydrogen) atoms. The fraction of sp³-hybridized carbons (Fsp3) is 0.0833. The van der Waals surface area contributed by atoms with E-state index in [9.17, 15) is 30.4 Å². The van der Waals surface area contributed by atoms with Crippen molar-refractivity contribution < 1.29 is 20.1 Å². The zero-order chi connectivity index (χ0) is 23.0. The summed E-state index contributed by atoms with van der Waals surface area (Å²) in [6.07, 6.45) is 0. The van der Waals surface area contributed by atoms with Crippen LogP contribution in [0.4, 0.5) is 11.4 Å². The van der Waals surface area contributed by atoms with Crippen LogP contribution >= 0.6 is 0 Å². The first-order chi connectivity index (χ1) is 15.2. The molecule has 4 aromatic carbocycles. The SMILES string of the molecule is CC(c1ccc(O)c([N+](=O)[O-])c1)(c1ccc(O)c([N+](=O)[O-])c1)c1ccc2ccccc2c1. The molecule has 4 aromatic rings. The fourth-order valence-electron chi connectivity index (χ4n) is 3.96. The van der Waals surface area contributed by atoms with Gasteiger partial charge in [0.2, 0.25) is 0 Å². The van der Waals surface area contributed by atoms with Gasteiger partial charge in [-0.25, -0.2) is 0 Å². The van der Waals surface area contributed by atoms with Gasteiger partial charge in [0.1, 0.15) is 0 Å². The predicted molar refractivity (Wildman–Crippen MR) is 119 cm³/mol. The zero-order valence-corrected chi connectivity index (χ0v) is 16.9. The minimum Gasteiger partial charge on any atom is -0.502 e. The van der Waals surface area contributed by atoms with Crippen molar-refractivity contribution in [2.45, 2.75) is 12.3 Å². The van der Waals surface area contributed by atoms with Crippen LogP contribution in [0.1, 0.15) is 23.6 Å². The van der Waals surface area contributed by atoms with Crippen LogP contribution in [0.15, 0.2) is 78.9 Å². The minimum atomic E-state index is -1.07. The first-order valence-corrected chi connectivity index (χ1v) is 9.67. The first kappa shape index (κ1) is 20.8. The van der Waals surface area contributed by atoms with Crippen LogP contribution in [0, 0.1) is 20.2 Å². The number of aromatic hydroxyl groups is 2. The van der Waals surface area contributed by atoms with Crippen molar-refractivity contribution in [2.75, 3.05) is 0 Å². The number of fused-ring (bicyclic) bond motifs is 1. The van der Waals surface area contributed by atoms with E-state index in [1.54, 1.807) is 19.1 Å². The van der Waals surface area contributed by atoms with Crippen molar-refractivity contribution in [1.82, 2.24) is 0 Å². The molecule has 0 unspecified atom stereocenters. The molecule has 0 spiro atoms. The second-order valence-corrected chi connectivity index (χ2v) is 7.61. The lowest BCUT2D eigenvalue weighted by atomic mass is 9.70. The van der Waals surface area contributed by atoms with Crippen molar-refractivity contribution in [3.05, 3.63) is 116 Å². The molecule has 8 heteroatoms. The summed E-state index contributed by atoms with van der Waals surface area (Å²) in [5.41, 5.74) is -0.364. The van der Waals surface area contributed by atoms with Crippen molar-refractivity contribution >= 4 is 22.1 Å². The maximum Gasteiger partial charge on any atom is 0.311 e. The average Bonchev–Trinajstić information content (AvgIpc) is 2.78. The maximum atomic E-state index is 11.5. The molecule has 0 aromatic heterocycles. The average molecular weight is 430 g/mol. The molecule has 160 valence electrons. The van der Waals surface area contributed by atoms with Gasteiger partial charge in [-0.1, -0.05) is 48.5 Å². The first-order valence-electron chi connectivity index (χ1n) is 9.67. The summed E-state index contributed by atoms with van der Waals surface area (Å²) in [4.78, 5) is 21.6. The zero-order valence-electron chi connectivity index (χ0n) is 16.9. The van der Waals surface area contributed by atoms with Crippen LogP contribution in [0.5, 0.6) is 11.5 Å². The van der Waals surface area contributed by atoms with E-state index in [4.69, 9.17) is 0 Å². The summed E-state index contributed by atoms with van der Waals surface area (Å²) < 4.78 is 0. The highest BCUT2D eigenvalue weighted by Gasteiger charge is 2.35. The molecule has 0 amide bonds. The molecule has 4 rings (SSSR count). The second-order valence-electron chi connectivity index (χ2n) is 7.61. The third-order valence-electron chi connectivity index (χ3n) is 5.83. The Morgan fingerprint density at radius 2 is 1.09 bits per heavy atom. The van der Waals surface area contributed by atoms with E-state index < -0.39 is 38.1 Å². The summed E-state index contributed by atoms with van der Waals surface area (Å²) >= 11 is 0. The Kier molecular flexibility index (Phi) is 4.98. The summed E-state index contributed by atoms with van der Waals surface area (Å²) in [5.74, 6) is -0.951. The molecule has 0 saturated heterocycles. The van der Waals surface area contributed by atoms with Crippen molar-refractivity contribution in [1.29, 1.82) is 0 Å². The van der Waals surface area contributed by atoms with Crippen LogP contribution in [0.25, 0.3) is 10.8 Å². The number of hydrogen-bond acceptors (Lipinski definition) is 6. The number of nitro groups is 2. The van der Waals surface area contributed by atoms with Crippen LogP contribution < -0.4 is 0 Å². The Hall–Kier alpha value is -4.46. The molecular weight excluding hydrogens is 412 g/mol. The predicted octanol–water partition coefficient (Wildman–Crippen LogP) is 5.42. The normalized spacial score (nSPS) is 11.4. The molecule has 0 fully saturated rings. The molecule has 0 bridgehead atoms. The lowest BCUT2D eigenvalue weighted by Crippen LogP contribution is -2.25. The number of nitrogens with zero attached hydrogens (tertiary/aromatic N) is 2. The van der Waals surface area contributed by atoms with Gasteiger partial charge in [-0.3, -0.25) is 20.2 Å². The Labute approximate surface area is 182 Å². The van der Waals surface area contributed by atoms with E-state index in [1.807, 2.05) is 42.5 Å². The van der Waals surface area contributed by atoms with Crippen LogP contribution in [0.2, 0.25) is 0 Å². The van der Waals surface area contributed by atoms with Crippen molar-refractivity contribution in [3.63, 3.8) is 0 Å². The standard InChI is InChI=1S/C24H18N2O6/c1-24(18-8-10-22(27)20(13-18)25(29)30,19-9-11-23(28)21(14-19)26(31)32)17-7-6-15-4-2-3-5-16(15)12-17/h2-14,27-28H,1H3. The summed E-state index contributed by atoms with van der Waals surface area (Å²) in [6, 6.07) is 21.5. The monoisotopic (exact) mass is 430 g/mol. The Morgan fingerprint density at radius 1 is 0.656 bits per heavy atom. The smallest absolute Gasteiger partial charge is 0.311 e. The molecule has 8 nitrogen and oxygen atoms in total. The minimum absolute atomic E-state index is 0.456. The summed E-state index contributed by atoms with van der Waals surface area (Å²) in [5, 5.41) is 44.7. The van der Waals surface area contributed by atoms with Crippen molar-refractivity contribution in [2.24, 2.45) is 0 Å². The van der Waals surface area contributed by atoms with E-state index in [1.165, 1.54) is 24.3 Å². The molecule has 2 N–H and O–H groups in total. The molecule has 0 aliphatic heterocycles. The lowest BCUT2D eigenvalue weighted by Gasteiger charge is -2.32. The van der Waals surface area contributed by atoms with Gasteiger partial charge < -0.3 is 10.2 Å². The Bertz CT molecular complexity index is 1320. The van der Waals surface area contributed by atoms with Gasteiger partial charge in [0.05, 0.1) is 9.85 Å². The molecule has 0 atom stereocenters. The number of rotatable bonds is 5. The number of phenols is 2. The highest BCUT2D eigenvalue weighted by molar-refractivity contribution is 5.83. The van der Waals surface area contributed by atoms with Crippen LogP contribution in [0.3, 0.4) is 0 Å². The van der Waals surface area contributed by atoms with Gasteiger partial charge in [0, 0.05) is 17.5 Å². The second kappa shape index (κ2) is 7.66. The van der Waals surface area contributed by atoms with Crippen molar-refractivity contribution in [3.8, 4) is 11.5 Å². The Morgan fingerprint density at radius 3 is 1.59 bits per heavy atom. The number of hydrogen-bond donors (Lipinski definition) is 2. The van der Waals surface area contributed by atoms with Gasteiger partial charge in [0.25, 0.3) is 0 Å². The topological polar surface area (TPSA) is 127 Å². The fourth-order valence-corrected chi connectivity index (χ4v) is 3.96.